The third kappa shape index (κ3) is 4.71. The lowest BCUT2D eigenvalue weighted by Gasteiger charge is -2.05. The Bertz CT molecular complexity index is 823. The number of rotatable bonds is 6. The molecule has 0 saturated heterocycles. The summed E-state index contributed by atoms with van der Waals surface area (Å²) in [4.78, 5) is 0. The first-order valence-corrected chi connectivity index (χ1v) is 8.14. The third-order valence-electron chi connectivity index (χ3n) is 3.68. The summed E-state index contributed by atoms with van der Waals surface area (Å²) in [6.45, 7) is 1.08. The van der Waals surface area contributed by atoms with Crippen molar-refractivity contribution in [3.05, 3.63) is 53.6 Å². The monoisotopic (exact) mass is 352 g/mol. The topological polar surface area (TPSA) is 46.2 Å². The number of benzene rings is 2. The molecule has 0 saturated carbocycles. The van der Waals surface area contributed by atoms with E-state index >= 15 is 0 Å². The molecule has 1 heterocycles. The molecule has 0 atom stereocenters. The van der Waals surface area contributed by atoms with E-state index in [4.69, 9.17) is 23.7 Å². The molecule has 5 nitrogen and oxygen atoms in total. The van der Waals surface area contributed by atoms with E-state index < -0.39 is 0 Å². The van der Waals surface area contributed by atoms with Crippen molar-refractivity contribution in [1.82, 2.24) is 0 Å². The Hall–Kier alpha value is -3.10. The molecule has 2 aromatic carbocycles. The maximum absolute atomic E-state index is 5.50. The van der Waals surface area contributed by atoms with Crippen LogP contribution in [-0.2, 0) is 4.74 Å². The third-order valence-corrected chi connectivity index (χ3v) is 3.68. The fraction of sp³-hybridized carbons (Fsp3) is 0.238. The zero-order valence-corrected chi connectivity index (χ0v) is 14.8. The summed E-state index contributed by atoms with van der Waals surface area (Å²) >= 11 is 0. The van der Waals surface area contributed by atoms with Crippen LogP contribution in [0.4, 0.5) is 0 Å². The molecule has 5 heteroatoms. The van der Waals surface area contributed by atoms with Crippen molar-refractivity contribution in [3.63, 3.8) is 0 Å². The van der Waals surface area contributed by atoms with Crippen LogP contribution in [0, 0.1) is 11.8 Å². The standard InChI is InChI=1S/C21H20O5/c1-22-18-11-17(12-19(14-18)23-2)6-4-10-24-9-3-5-16-7-8-20-21(13-16)26-15-25-20/h4,6-8,11-14H,9-10,15H2,1-2H3/b6-4+. The van der Waals surface area contributed by atoms with E-state index in [-0.39, 0.29) is 6.79 Å². The van der Waals surface area contributed by atoms with Crippen LogP contribution >= 0.6 is 0 Å². The van der Waals surface area contributed by atoms with E-state index in [2.05, 4.69) is 11.8 Å². The van der Waals surface area contributed by atoms with Gasteiger partial charge >= 0.3 is 0 Å². The van der Waals surface area contributed by atoms with Gasteiger partial charge < -0.3 is 23.7 Å². The van der Waals surface area contributed by atoms with Crippen LogP contribution in [0.25, 0.3) is 6.08 Å². The molecule has 0 unspecified atom stereocenters. The minimum atomic E-state index is 0.265. The normalized spacial score (nSPS) is 11.9. The molecule has 0 aromatic heterocycles. The fourth-order valence-corrected chi connectivity index (χ4v) is 2.40. The molecular weight excluding hydrogens is 332 g/mol. The Balaban J connectivity index is 1.47. The van der Waals surface area contributed by atoms with Gasteiger partial charge in [-0.2, -0.15) is 0 Å². The average molecular weight is 352 g/mol. The van der Waals surface area contributed by atoms with Crippen LogP contribution in [0.1, 0.15) is 11.1 Å². The van der Waals surface area contributed by atoms with Gasteiger partial charge in [-0.3, -0.25) is 0 Å². The molecule has 3 rings (SSSR count). The second kappa shape index (κ2) is 8.84. The molecule has 0 fully saturated rings. The largest absolute Gasteiger partial charge is 0.497 e. The van der Waals surface area contributed by atoms with Crippen molar-refractivity contribution in [3.8, 4) is 34.8 Å². The lowest BCUT2D eigenvalue weighted by Crippen LogP contribution is -1.92. The number of methoxy groups -OCH3 is 2. The summed E-state index contributed by atoms with van der Waals surface area (Å²) in [5.74, 6) is 9.02. The first kappa shape index (κ1) is 17.7. The highest BCUT2D eigenvalue weighted by Gasteiger charge is 2.12. The van der Waals surface area contributed by atoms with Gasteiger partial charge in [-0.15, -0.1) is 0 Å². The van der Waals surface area contributed by atoms with Crippen molar-refractivity contribution in [2.24, 2.45) is 0 Å². The number of hydrogen-bond acceptors (Lipinski definition) is 5. The van der Waals surface area contributed by atoms with Gasteiger partial charge in [-0.05, 0) is 35.9 Å². The Morgan fingerprint density at radius 1 is 1.00 bits per heavy atom. The molecule has 1 aliphatic heterocycles. The Morgan fingerprint density at radius 2 is 1.77 bits per heavy atom. The predicted octanol–water partition coefficient (Wildman–Crippen LogP) is 3.51. The Morgan fingerprint density at radius 3 is 2.54 bits per heavy atom. The summed E-state index contributed by atoms with van der Waals surface area (Å²) in [6, 6.07) is 11.3. The molecule has 0 N–H and O–H groups in total. The van der Waals surface area contributed by atoms with Crippen molar-refractivity contribution in [2.75, 3.05) is 34.2 Å². The lowest BCUT2D eigenvalue weighted by atomic mass is 10.2. The van der Waals surface area contributed by atoms with Gasteiger partial charge in [0.15, 0.2) is 11.5 Å². The minimum absolute atomic E-state index is 0.265. The molecule has 26 heavy (non-hydrogen) atoms. The second-order valence-corrected chi connectivity index (χ2v) is 5.43. The maximum Gasteiger partial charge on any atom is 0.231 e. The van der Waals surface area contributed by atoms with Crippen LogP contribution in [0.3, 0.4) is 0 Å². The Labute approximate surface area is 153 Å². The molecule has 0 amide bonds. The molecule has 0 aliphatic carbocycles. The van der Waals surface area contributed by atoms with Gasteiger partial charge in [0, 0.05) is 11.6 Å². The first-order chi connectivity index (χ1) is 12.8. The maximum atomic E-state index is 5.50. The number of fused-ring (bicyclic) bond motifs is 1. The quantitative estimate of drug-likeness (QED) is 0.588. The summed E-state index contributed by atoms with van der Waals surface area (Å²) in [5.41, 5.74) is 1.85. The highest BCUT2D eigenvalue weighted by molar-refractivity contribution is 5.55. The number of hydrogen-bond donors (Lipinski definition) is 0. The van der Waals surface area contributed by atoms with E-state index in [1.165, 1.54) is 0 Å². The van der Waals surface area contributed by atoms with Crippen LogP contribution in [-0.4, -0.2) is 34.2 Å². The van der Waals surface area contributed by atoms with Gasteiger partial charge in [-0.1, -0.05) is 24.0 Å². The second-order valence-electron chi connectivity index (χ2n) is 5.43. The number of ether oxygens (including phenoxy) is 5. The van der Waals surface area contributed by atoms with E-state index in [1.54, 1.807) is 14.2 Å². The van der Waals surface area contributed by atoms with Gasteiger partial charge in [-0.25, -0.2) is 0 Å². The van der Waals surface area contributed by atoms with E-state index in [0.29, 0.717) is 13.2 Å². The van der Waals surface area contributed by atoms with Crippen LogP contribution < -0.4 is 18.9 Å². The van der Waals surface area contributed by atoms with Crippen molar-refractivity contribution in [1.29, 1.82) is 0 Å². The molecule has 2 aromatic rings. The lowest BCUT2D eigenvalue weighted by molar-refractivity contribution is 0.174. The van der Waals surface area contributed by atoms with Crippen LogP contribution in [0.2, 0.25) is 0 Å². The van der Waals surface area contributed by atoms with Crippen LogP contribution in [0.5, 0.6) is 23.0 Å². The Kier molecular flexibility index (Phi) is 6.02. The molecule has 0 spiro atoms. The first-order valence-electron chi connectivity index (χ1n) is 8.14. The van der Waals surface area contributed by atoms with Gasteiger partial charge in [0.05, 0.1) is 20.8 Å². The predicted molar refractivity (Wildman–Crippen MR) is 98.8 cm³/mol. The highest BCUT2D eigenvalue weighted by atomic mass is 16.7. The average Bonchev–Trinajstić information content (AvgIpc) is 3.14. The molecule has 0 radical (unpaired) electrons. The summed E-state index contributed by atoms with van der Waals surface area (Å²) in [6.07, 6.45) is 3.88. The molecule has 0 bridgehead atoms. The van der Waals surface area contributed by atoms with Crippen LogP contribution in [0.15, 0.2) is 42.5 Å². The van der Waals surface area contributed by atoms with E-state index in [0.717, 1.165) is 34.1 Å². The molecular formula is C21H20O5. The van der Waals surface area contributed by atoms with E-state index in [9.17, 15) is 0 Å². The van der Waals surface area contributed by atoms with Crippen molar-refractivity contribution in [2.45, 2.75) is 0 Å². The van der Waals surface area contributed by atoms with Crippen molar-refractivity contribution >= 4 is 6.08 Å². The zero-order chi connectivity index (χ0) is 18.2. The molecule has 134 valence electrons. The summed E-state index contributed by atoms with van der Waals surface area (Å²) < 4.78 is 26.6. The van der Waals surface area contributed by atoms with Gasteiger partial charge in [0.2, 0.25) is 6.79 Å². The fourth-order valence-electron chi connectivity index (χ4n) is 2.40. The van der Waals surface area contributed by atoms with Gasteiger partial charge in [0.1, 0.15) is 18.1 Å². The minimum Gasteiger partial charge on any atom is -0.497 e. The summed E-state index contributed by atoms with van der Waals surface area (Å²) in [7, 11) is 3.26. The SMILES string of the molecule is COc1cc(/C=C/COCC#Cc2ccc3c(c2)OCO3)cc(OC)c1. The zero-order valence-electron chi connectivity index (χ0n) is 14.8. The molecule has 1 aliphatic rings. The highest BCUT2D eigenvalue weighted by Crippen LogP contribution is 2.32. The van der Waals surface area contributed by atoms with Gasteiger partial charge in [0.25, 0.3) is 0 Å². The van der Waals surface area contributed by atoms with E-state index in [1.807, 2.05) is 48.6 Å². The summed E-state index contributed by atoms with van der Waals surface area (Å²) in [5, 5.41) is 0. The van der Waals surface area contributed by atoms with Crippen molar-refractivity contribution < 1.29 is 23.7 Å². The smallest absolute Gasteiger partial charge is 0.231 e.